The lowest BCUT2D eigenvalue weighted by molar-refractivity contribution is -0.120. The Morgan fingerprint density at radius 1 is 1.11 bits per heavy atom. The molecule has 0 spiro atoms. The minimum Gasteiger partial charge on any atom is -0.497 e. The number of ether oxygens (including phenoxy) is 1. The molecule has 1 aromatic heterocycles. The average molecular weight is 383 g/mol. The van der Waals surface area contributed by atoms with E-state index in [1.807, 2.05) is 37.3 Å². The summed E-state index contributed by atoms with van der Waals surface area (Å²) < 4.78 is 5.13. The summed E-state index contributed by atoms with van der Waals surface area (Å²) in [5.74, 6) is 2.38. The summed E-state index contributed by atoms with van der Waals surface area (Å²) in [7, 11) is 1.63. The molecule has 0 unspecified atom stereocenters. The zero-order valence-corrected chi connectivity index (χ0v) is 16.7. The molecule has 0 bridgehead atoms. The van der Waals surface area contributed by atoms with Gasteiger partial charge in [0.2, 0.25) is 11.9 Å². The number of piperidine rings is 1. The molecule has 150 valence electrons. The maximum atomic E-state index is 12.1. The van der Waals surface area contributed by atoms with Gasteiger partial charge in [-0.1, -0.05) is 12.1 Å². The molecule has 0 aliphatic carbocycles. The predicted molar refractivity (Wildman–Crippen MR) is 111 cm³/mol. The maximum Gasteiger partial charge on any atom is 0.224 e. The van der Waals surface area contributed by atoms with Gasteiger partial charge in [-0.3, -0.25) is 4.79 Å². The zero-order chi connectivity index (χ0) is 19.8. The van der Waals surface area contributed by atoms with Gasteiger partial charge in [-0.2, -0.15) is 4.98 Å². The highest BCUT2D eigenvalue weighted by Gasteiger charge is 2.13. The second-order valence-electron chi connectivity index (χ2n) is 7.04. The number of carbonyl (C=O) groups is 1. The largest absolute Gasteiger partial charge is 0.497 e. The normalized spacial score (nSPS) is 13.9. The molecule has 2 N–H and O–H groups in total. The lowest BCUT2D eigenvalue weighted by Gasteiger charge is -2.28. The first-order valence-electron chi connectivity index (χ1n) is 9.88. The summed E-state index contributed by atoms with van der Waals surface area (Å²) in [6.45, 7) is 5.19. The van der Waals surface area contributed by atoms with Crippen molar-refractivity contribution >= 4 is 17.7 Å². The fourth-order valence-electron chi connectivity index (χ4n) is 3.28. The molecule has 3 rings (SSSR count). The molecule has 2 aromatic rings. The van der Waals surface area contributed by atoms with E-state index in [1.54, 1.807) is 7.11 Å². The lowest BCUT2D eigenvalue weighted by atomic mass is 10.1. The molecule has 28 heavy (non-hydrogen) atoms. The molecule has 1 aliphatic rings. The van der Waals surface area contributed by atoms with Gasteiger partial charge in [0.05, 0.1) is 13.5 Å². The van der Waals surface area contributed by atoms with Gasteiger partial charge in [-0.25, -0.2) is 4.98 Å². The van der Waals surface area contributed by atoms with E-state index in [1.165, 1.54) is 19.3 Å². The van der Waals surface area contributed by atoms with E-state index in [9.17, 15) is 4.79 Å². The number of hydrogen-bond donors (Lipinski definition) is 2. The van der Waals surface area contributed by atoms with Crippen LogP contribution in [0.15, 0.2) is 30.3 Å². The number of hydrogen-bond acceptors (Lipinski definition) is 6. The molecule has 1 saturated heterocycles. The average Bonchev–Trinajstić information content (AvgIpc) is 2.72. The van der Waals surface area contributed by atoms with Crippen molar-refractivity contribution in [1.82, 2.24) is 15.3 Å². The molecule has 7 heteroatoms. The Balaban J connectivity index is 1.44. The first-order valence-corrected chi connectivity index (χ1v) is 9.88. The van der Waals surface area contributed by atoms with E-state index in [4.69, 9.17) is 4.74 Å². The number of rotatable bonds is 8. The van der Waals surface area contributed by atoms with Crippen molar-refractivity contribution in [1.29, 1.82) is 0 Å². The van der Waals surface area contributed by atoms with E-state index in [-0.39, 0.29) is 5.91 Å². The van der Waals surface area contributed by atoms with Crippen LogP contribution in [0.5, 0.6) is 5.75 Å². The number of anilines is 2. The zero-order valence-electron chi connectivity index (χ0n) is 16.7. The number of amides is 1. The van der Waals surface area contributed by atoms with E-state index < -0.39 is 0 Å². The van der Waals surface area contributed by atoms with Crippen molar-refractivity contribution in [3.63, 3.8) is 0 Å². The SMILES string of the molecule is COc1ccc(CC(=O)NCCNc2nc(C)cc(N3CCCCC3)n2)cc1. The third-order valence-electron chi connectivity index (χ3n) is 4.77. The molecule has 0 atom stereocenters. The summed E-state index contributed by atoms with van der Waals surface area (Å²) in [6, 6.07) is 9.56. The van der Waals surface area contributed by atoms with Crippen LogP contribution in [0.3, 0.4) is 0 Å². The minimum absolute atomic E-state index is 0.00821. The van der Waals surface area contributed by atoms with Crippen molar-refractivity contribution in [2.75, 3.05) is 43.5 Å². The molecule has 0 saturated carbocycles. The van der Waals surface area contributed by atoms with Gasteiger partial charge in [0.1, 0.15) is 11.6 Å². The number of nitrogens with zero attached hydrogens (tertiary/aromatic N) is 3. The van der Waals surface area contributed by atoms with Crippen LogP contribution in [0.2, 0.25) is 0 Å². The fraction of sp³-hybridized carbons (Fsp3) is 0.476. The second-order valence-corrected chi connectivity index (χ2v) is 7.04. The van der Waals surface area contributed by atoms with Crippen molar-refractivity contribution < 1.29 is 9.53 Å². The van der Waals surface area contributed by atoms with Gasteiger partial charge in [0.25, 0.3) is 0 Å². The summed E-state index contributed by atoms with van der Waals surface area (Å²) in [5.41, 5.74) is 1.90. The summed E-state index contributed by atoms with van der Waals surface area (Å²) >= 11 is 0. The predicted octanol–water partition coefficient (Wildman–Crippen LogP) is 2.55. The second kappa shape index (κ2) is 9.92. The van der Waals surface area contributed by atoms with Crippen LogP contribution in [0.25, 0.3) is 0 Å². The maximum absolute atomic E-state index is 12.1. The van der Waals surface area contributed by atoms with E-state index in [0.717, 1.165) is 35.9 Å². The van der Waals surface area contributed by atoms with Gasteiger partial charge < -0.3 is 20.3 Å². The highest BCUT2D eigenvalue weighted by molar-refractivity contribution is 5.78. The lowest BCUT2D eigenvalue weighted by Crippen LogP contribution is -2.31. The van der Waals surface area contributed by atoms with Crippen LogP contribution >= 0.6 is 0 Å². The number of methoxy groups -OCH3 is 1. The third kappa shape index (κ3) is 5.84. The van der Waals surface area contributed by atoms with Crippen molar-refractivity contribution in [3.05, 3.63) is 41.6 Å². The van der Waals surface area contributed by atoms with Crippen LogP contribution < -0.4 is 20.3 Å². The highest BCUT2D eigenvalue weighted by atomic mass is 16.5. The number of aryl methyl sites for hydroxylation is 1. The molecule has 2 heterocycles. The van der Waals surface area contributed by atoms with Crippen LogP contribution in [-0.4, -0.2) is 49.2 Å². The monoisotopic (exact) mass is 383 g/mol. The van der Waals surface area contributed by atoms with E-state index in [0.29, 0.717) is 25.5 Å². The standard InChI is InChI=1S/C21H29N5O2/c1-16-14-19(26-12-4-3-5-13-26)25-21(24-16)23-11-10-22-20(27)15-17-6-8-18(28-2)9-7-17/h6-9,14H,3-5,10-13,15H2,1-2H3,(H,22,27)(H,23,24,25). The van der Waals surface area contributed by atoms with Crippen molar-refractivity contribution in [2.24, 2.45) is 0 Å². The first-order chi connectivity index (χ1) is 13.6. The number of nitrogens with one attached hydrogen (secondary N) is 2. The minimum atomic E-state index is -0.00821. The molecule has 7 nitrogen and oxygen atoms in total. The van der Waals surface area contributed by atoms with Crippen LogP contribution in [0.4, 0.5) is 11.8 Å². The number of carbonyl (C=O) groups excluding carboxylic acids is 1. The molecule has 1 amide bonds. The summed E-state index contributed by atoms with van der Waals surface area (Å²) in [4.78, 5) is 23.5. The van der Waals surface area contributed by atoms with Crippen LogP contribution in [-0.2, 0) is 11.2 Å². The quantitative estimate of drug-likeness (QED) is 0.682. The van der Waals surface area contributed by atoms with Gasteiger partial charge in [-0.05, 0) is 43.9 Å². The Morgan fingerprint density at radius 2 is 1.86 bits per heavy atom. The first kappa shape index (κ1) is 19.9. The van der Waals surface area contributed by atoms with Crippen LogP contribution in [0, 0.1) is 6.92 Å². The number of benzene rings is 1. The van der Waals surface area contributed by atoms with Crippen LogP contribution in [0.1, 0.15) is 30.5 Å². The van der Waals surface area contributed by atoms with Crippen molar-refractivity contribution in [3.8, 4) is 5.75 Å². The Kier molecular flexibility index (Phi) is 7.06. The molecular formula is C21H29N5O2. The Bertz CT molecular complexity index is 773. The van der Waals surface area contributed by atoms with Gasteiger partial charge >= 0.3 is 0 Å². The Labute approximate surface area is 166 Å². The molecule has 1 fully saturated rings. The van der Waals surface area contributed by atoms with E-state index >= 15 is 0 Å². The van der Waals surface area contributed by atoms with Gasteiger partial charge in [0, 0.05) is 37.9 Å². The van der Waals surface area contributed by atoms with Gasteiger partial charge in [0.15, 0.2) is 0 Å². The molecule has 0 radical (unpaired) electrons. The summed E-state index contributed by atoms with van der Waals surface area (Å²) in [6.07, 6.45) is 4.07. The Morgan fingerprint density at radius 3 is 2.57 bits per heavy atom. The third-order valence-corrected chi connectivity index (χ3v) is 4.77. The Hall–Kier alpha value is -2.83. The number of aromatic nitrogens is 2. The topological polar surface area (TPSA) is 79.4 Å². The molecule has 1 aromatic carbocycles. The highest BCUT2D eigenvalue weighted by Crippen LogP contribution is 2.19. The smallest absolute Gasteiger partial charge is 0.224 e. The summed E-state index contributed by atoms with van der Waals surface area (Å²) in [5, 5.41) is 6.14. The fourth-order valence-corrected chi connectivity index (χ4v) is 3.28. The van der Waals surface area contributed by atoms with Gasteiger partial charge in [-0.15, -0.1) is 0 Å². The molecule has 1 aliphatic heterocycles. The van der Waals surface area contributed by atoms with E-state index in [2.05, 4.69) is 25.5 Å². The van der Waals surface area contributed by atoms with Crippen molar-refractivity contribution in [2.45, 2.75) is 32.6 Å². The molecular weight excluding hydrogens is 354 g/mol.